The molecule has 4 N–H and O–H groups in total. The minimum atomic E-state index is -0.922. The molecule has 1 aromatic rings. The number of hydrogen-bond donors (Lipinski definition) is 3. The summed E-state index contributed by atoms with van der Waals surface area (Å²) >= 11 is 0. The Morgan fingerprint density at radius 1 is 1.34 bits per heavy atom. The second-order valence-corrected chi connectivity index (χ2v) is 8.91. The van der Waals surface area contributed by atoms with Crippen LogP contribution < -0.4 is 27.2 Å². The summed E-state index contributed by atoms with van der Waals surface area (Å²) in [4.78, 5) is 41.5. The van der Waals surface area contributed by atoms with E-state index < -0.39 is 16.8 Å². The Balaban J connectivity index is 2.37. The molecule has 1 aliphatic carbocycles. The number of carbonyl (C=O) groups excluding carboxylic acids is 1. The number of nitriles is 1. The van der Waals surface area contributed by atoms with Gasteiger partial charge in [-0.25, -0.2) is 4.79 Å². The lowest BCUT2D eigenvalue weighted by Crippen LogP contribution is -2.51. The van der Waals surface area contributed by atoms with Gasteiger partial charge in [-0.1, -0.05) is 27.7 Å². The molecule has 1 atom stereocenters. The summed E-state index contributed by atoms with van der Waals surface area (Å²) < 4.78 is 1.33. The van der Waals surface area contributed by atoms with E-state index >= 15 is 0 Å². The molecular weight excluding hydrogens is 372 g/mol. The molecule has 1 aliphatic rings. The highest BCUT2D eigenvalue weighted by molar-refractivity contribution is 5.83. The monoisotopic (exact) mass is 404 g/mol. The molecule has 1 saturated carbocycles. The Bertz CT molecular complexity index is 906. The number of nitrogens with zero attached hydrogens (tertiary/aromatic N) is 3. The van der Waals surface area contributed by atoms with Crippen LogP contribution in [0.25, 0.3) is 0 Å². The molecule has 9 nitrogen and oxygen atoms in total. The average Bonchev–Trinajstić information content (AvgIpc) is 3.42. The quantitative estimate of drug-likeness (QED) is 0.562. The van der Waals surface area contributed by atoms with Gasteiger partial charge in [-0.05, 0) is 37.5 Å². The van der Waals surface area contributed by atoms with Crippen LogP contribution >= 0.6 is 0 Å². The van der Waals surface area contributed by atoms with Crippen LogP contribution in [0.2, 0.25) is 0 Å². The summed E-state index contributed by atoms with van der Waals surface area (Å²) in [5.74, 6) is 0.118. The summed E-state index contributed by atoms with van der Waals surface area (Å²) in [5.41, 5.74) is 4.22. The fraction of sp³-hybridized carbons (Fsp3) is 0.700. The van der Waals surface area contributed by atoms with Crippen LogP contribution in [0.3, 0.4) is 0 Å². The van der Waals surface area contributed by atoms with E-state index in [1.807, 2.05) is 27.7 Å². The topological polar surface area (TPSA) is 137 Å². The first-order valence-electron chi connectivity index (χ1n) is 10.1. The van der Waals surface area contributed by atoms with E-state index in [2.05, 4.69) is 16.4 Å². The van der Waals surface area contributed by atoms with Crippen molar-refractivity contribution in [2.75, 3.05) is 23.7 Å². The molecule has 29 heavy (non-hydrogen) atoms. The molecule has 0 radical (unpaired) electrons. The van der Waals surface area contributed by atoms with Gasteiger partial charge in [0.05, 0.1) is 12.6 Å². The van der Waals surface area contributed by atoms with Crippen LogP contribution in [0, 0.1) is 29.1 Å². The van der Waals surface area contributed by atoms with Gasteiger partial charge in [-0.3, -0.25) is 19.1 Å². The van der Waals surface area contributed by atoms with Crippen molar-refractivity contribution in [1.82, 2.24) is 14.9 Å². The van der Waals surface area contributed by atoms with Crippen LogP contribution in [-0.4, -0.2) is 34.1 Å². The Kier molecular flexibility index (Phi) is 6.77. The molecule has 0 unspecified atom stereocenters. The fourth-order valence-electron chi connectivity index (χ4n) is 3.49. The van der Waals surface area contributed by atoms with Crippen LogP contribution in [-0.2, 0) is 11.3 Å². The molecule has 0 bridgehead atoms. The number of aromatic amines is 1. The van der Waals surface area contributed by atoms with E-state index in [-0.39, 0.29) is 41.7 Å². The van der Waals surface area contributed by atoms with Gasteiger partial charge in [0.25, 0.3) is 5.56 Å². The van der Waals surface area contributed by atoms with Crippen LogP contribution in [0.15, 0.2) is 9.59 Å². The number of carbonyl (C=O) groups is 1. The van der Waals surface area contributed by atoms with Crippen molar-refractivity contribution in [1.29, 1.82) is 5.26 Å². The molecule has 2 rings (SSSR count). The predicted octanol–water partition coefficient (Wildman–Crippen LogP) is 1.05. The summed E-state index contributed by atoms with van der Waals surface area (Å²) in [6.07, 6.45) is 1.82. The van der Waals surface area contributed by atoms with E-state index in [4.69, 9.17) is 5.73 Å². The Morgan fingerprint density at radius 3 is 2.45 bits per heavy atom. The summed E-state index contributed by atoms with van der Waals surface area (Å²) in [6, 6.07) is 2.20. The normalized spacial score (nSPS) is 15.8. The maximum Gasteiger partial charge on any atom is 0.330 e. The maximum absolute atomic E-state index is 12.7. The van der Waals surface area contributed by atoms with Crippen molar-refractivity contribution < 1.29 is 4.79 Å². The van der Waals surface area contributed by atoms with Gasteiger partial charge in [-0.2, -0.15) is 5.26 Å². The molecule has 1 heterocycles. The summed E-state index contributed by atoms with van der Waals surface area (Å²) in [6.45, 7) is 10.1. The highest BCUT2D eigenvalue weighted by Gasteiger charge is 2.43. The Hall–Kier alpha value is -2.76. The third-order valence-electron chi connectivity index (χ3n) is 5.02. The van der Waals surface area contributed by atoms with E-state index in [1.54, 1.807) is 11.8 Å². The van der Waals surface area contributed by atoms with E-state index in [0.717, 1.165) is 12.8 Å². The first-order valence-corrected chi connectivity index (χ1v) is 10.1. The highest BCUT2D eigenvalue weighted by atomic mass is 16.2. The zero-order chi connectivity index (χ0) is 21.9. The van der Waals surface area contributed by atoms with Crippen molar-refractivity contribution in [2.24, 2.45) is 17.8 Å². The van der Waals surface area contributed by atoms with Gasteiger partial charge in [0.2, 0.25) is 5.91 Å². The lowest BCUT2D eigenvalue weighted by molar-refractivity contribution is -0.121. The van der Waals surface area contributed by atoms with Crippen molar-refractivity contribution in [3.05, 3.63) is 20.8 Å². The molecule has 0 saturated heterocycles. The van der Waals surface area contributed by atoms with E-state index in [9.17, 15) is 19.6 Å². The van der Waals surface area contributed by atoms with Gasteiger partial charge < -0.3 is 16.0 Å². The molecule has 1 aromatic heterocycles. The number of nitrogen functional groups attached to an aromatic ring is 1. The smallest absolute Gasteiger partial charge is 0.330 e. The molecule has 1 fully saturated rings. The van der Waals surface area contributed by atoms with Crippen LogP contribution in [0.1, 0.15) is 47.5 Å². The highest BCUT2D eigenvalue weighted by Crippen LogP contribution is 2.39. The third kappa shape index (κ3) is 5.40. The van der Waals surface area contributed by atoms with Gasteiger partial charge in [0.15, 0.2) is 0 Å². The zero-order valence-corrected chi connectivity index (χ0v) is 17.9. The number of nitrogens with one attached hydrogen (secondary N) is 2. The van der Waals surface area contributed by atoms with Crippen molar-refractivity contribution >= 4 is 17.4 Å². The minimum Gasteiger partial charge on any atom is -0.383 e. The van der Waals surface area contributed by atoms with E-state index in [1.165, 1.54) is 4.57 Å². The number of anilines is 2. The number of rotatable bonds is 9. The molecule has 0 aliphatic heterocycles. The molecule has 9 heteroatoms. The number of H-pyrrole nitrogens is 1. The SMILES string of the molecule is CC(C)CN(CC(=O)N[C@](C)(C#N)C1CC1)c1c(N)n(CC(C)C)c(=O)[nH]c1=O. The maximum atomic E-state index is 12.7. The van der Waals surface area contributed by atoms with Crippen LogP contribution in [0.5, 0.6) is 0 Å². The molecule has 1 amide bonds. The summed E-state index contributed by atoms with van der Waals surface area (Å²) in [7, 11) is 0. The number of hydrogen-bond acceptors (Lipinski definition) is 6. The third-order valence-corrected chi connectivity index (χ3v) is 5.02. The predicted molar refractivity (Wildman–Crippen MR) is 113 cm³/mol. The van der Waals surface area contributed by atoms with E-state index in [0.29, 0.717) is 13.1 Å². The van der Waals surface area contributed by atoms with Gasteiger partial charge in [0.1, 0.15) is 17.0 Å². The molecule has 160 valence electrons. The lowest BCUT2D eigenvalue weighted by Gasteiger charge is -2.29. The van der Waals surface area contributed by atoms with Gasteiger partial charge in [-0.15, -0.1) is 0 Å². The first kappa shape index (κ1) is 22.5. The zero-order valence-electron chi connectivity index (χ0n) is 17.9. The number of nitrogens with two attached hydrogens (primary N) is 1. The lowest BCUT2D eigenvalue weighted by atomic mass is 9.98. The van der Waals surface area contributed by atoms with Gasteiger partial charge >= 0.3 is 5.69 Å². The standard InChI is InChI=1S/C20H32N6O3/c1-12(2)8-25(10-15(27)24-20(5,11-21)14-6-7-14)16-17(22)26(9-13(3)4)19(29)23-18(16)28/h12-14H,6-10,22H2,1-5H3,(H,24,27)(H,23,28,29)/t20-/m1/s1. The Labute approximate surface area is 170 Å². The fourth-order valence-corrected chi connectivity index (χ4v) is 3.49. The molecule has 0 spiro atoms. The van der Waals surface area contributed by atoms with Crippen molar-refractivity contribution in [3.63, 3.8) is 0 Å². The second-order valence-electron chi connectivity index (χ2n) is 8.91. The molecule has 0 aromatic carbocycles. The summed E-state index contributed by atoms with van der Waals surface area (Å²) in [5, 5.41) is 12.3. The van der Waals surface area contributed by atoms with Gasteiger partial charge in [0, 0.05) is 13.1 Å². The Morgan fingerprint density at radius 2 is 1.97 bits per heavy atom. The average molecular weight is 405 g/mol. The minimum absolute atomic E-state index is 0.0473. The van der Waals surface area contributed by atoms with Crippen molar-refractivity contribution in [3.8, 4) is 6.07 Å². The largest absolute Gasteiger partial charge is 0.383 e. The van der Waals surface area contributed by atoms with Crippen LogP contribution in [0.4, 0.5) is 11.5 Å². The van der Waals surface area contributed by atoms with Crippen molar-refractivity contribution in [2.45, 2.75) is 59.5 Å². The number of amides is 1. The second kappa shape index (κ2) is 8.72. The molecular formula is C20H32N6O3. The first-order chi connectivity index (χ1) is 13.5. The number of aromatic nitrogens is 2.